The first-order chi connectivity index (χ1) is 9.74. The molecule has 2 bridgehead atoms. The van der Waals surface area contributed by atoms with Gasteiger partial charge in [0.2, 0.25) is 0 Å². The highest BCUT2D eigenvalue weighted by molar-refractivity contribution is 6.30. The molecule has 4 heterocycles. The number of H-pyrrole nitrogens is 1. The van der Waals surface area contributed by atoms with Crippen LogP contribution in [0.1, 0.15) is 40.6 Å². The van der Waals surface area contributed by atoms with Crippen molar-refractivity contribution in [3.63, 3.8) is 0 Å². The van der Waals surface area contributed by atoms with E-state index in [4.69, 9.17) is 11.6 Å². The highest BCUT2D eigenvalue weighted by atomic mass is 35.5. The molecule has 0 unspecified atom stereocenters. The Balaban J connectivity index is 1.75. The van der Waals surface area contributed by atoms with Gasteiger partial charge in [-0.25, -0.2) is 0 Å². The standard InChI is InChI=1S/C14H13ClN4O/c15-8-5-10-12(16-7-8)6-9-1-2-13(10)19(9)14(20)11-3-4-17-18-11/h3-5,7,9,13H,1-2,6H2,(H,17,18)/t9-,13+/m0/s1. The topological polar surface area (TPSA) is 61.9 Å². The van der Waals surface area contributed by atoms with Gasteiger partial charge >= 0.3 is 0 Å². The first-order valence-corrected chi connectivity index (χ1v) is 7.08. The van der Waals surface area contributed by atoms with Gasteiger partial charge in [-0.3, -0.25) is 14.9 Å². The van der Waals surface area contributed by atoms with Crippen molar-refractivity contribution in [2.75, 3.05) is 0 Å². The predicted molar refractivity (Wildman–Crippen MR) is 73.5 cm³/mol. The van der Waals surface area contributed by atoms with Crippen LogP contribution < -0.4 is 0 Å². The van der Waals surface area contributed by atoms with Gasteiger partial charge in [-0.1, -0.05) is 11.6 Å². The van der Waals surface area contributed by atoms with E-state index in [0.717, 1.165) is 30.5 Å². The van der Waals surface area contributed by atoms with Crippen LogP contribution in [-0.4, -0.2) is 32.0 Å². The van der Waals surface area contributed by atoms with Gasteiger partial charge in [0, 0.05) is 30.6 Å². The smallest absolute Gasteiger partial charge is 0.272 e. The van der Waals surface area contributed by atoms with Crippen molar-refractivity contribution in [1.82, 2.24) is 20.1 Å². The Kier molecular flexibility index (Phi) is 2.57. The van der Waals surface area contributed by atoms with Crippen molar-refractivity contribution in [2.45, 2.75) is 31.3 Å². The third-order valence-electron chi connectivity index (χ3n) is 4.23. The van der Waals surface area contributed by atoms with E-state index in [0.29, 0.717) is 10.7 Å². The second kappa shape index (κ2) is 4.31. The van der Waals surface area contributed by atoms with Gasteiger partial charge in [-0.05, 0) is 30.5 Å². The van der Waals surface area contributed by atoms with Gasteiger partial charge in [0.05, 0.1) is 11.1 Å². The van der Waals surface area contributed by atoms with Crippen LogP contribution >= 0.6 is 11.6 Å². The van der Waals surface area contributed by atoms with Gasteiger partial charge in [-0.2, -0.15) is 5.10 Å². The summed E-state index contributed by atoms with van der Waals surface area (Å²) in [5.74, 6) is 0.0145. The molecule has 20 heavy (non-hydrogen) atoms. The molecule has 2 aliphatic rings. The van der Waals surface area contributed by atoms with E-state index in [-0.39, 0.29) is 18.0 Å². The molecule has 6 heteroatoms. The average Bonchev–Trinajstić information content (AvgIpc) is 3.07. The summed E-state index contributed by atoms with van der Waals surface area (Å²) in [6.45, 7) is 0. The predicted octanol–water partition coefficient (Wildman–Crippen LogP) is 2.36. The Bertz CT molecular complexity index is 670. The molecule has 1 fully saturated rings. The zero-order chi connectivity index (χ0) is 13.7. The van der Waals surface area contributed by atoms with Crippen molar-refractivity contribution in [2.24, 2.45) is 0 Å². The summed E-state index contributed by atoms with van der Waals surface area (Å²) in [5, 5.41) is 7.24. The van der Waals surface area contributed by atoms with Gasteiger partial charge in [0.15, 0.2) is 0 Å². The quantitative estimate of drug-likeness (QED) is 0.876. The van der Waals surface area contributed by atoms with E-state index in [9.17, 15) is 4.79 Å². The molecule has 0 radical (unpaired) electrons. The first-order valence-electron chi connectivity index (χ1n) is 6.70. The monoisotopic (exact) mass is 288 g/mol. The Morgan fingerprint density at radius 1 is 1.45 bits per heavy atom. The zero-order valence-corrected chi connectivity index (χ0v) is 11.5. The molecule has 1 N–H and O–H groups in total. The summed E-state index contributed by atoms with van der Waals surface area (Å²) in [5.41, 5.74) is 2.72. The fourth-order valence-electron chi connectivity index (χ4n) is 3.38. The zero-order valence-electron chi connectivity index (χ0n) is 10.7. The minimum atomic E-state index is 0.0145. The number of fused-ring (bicyclic) bond motifs is 4. The second-order valence-electron chi connectivity index (χ2n) is 5.32. The van der Waals surface area contributed by atoms with Gasteiger partial charge in [0.25, 0.3) is 5.91 Å². The number of amides is 1. The number of nitrogens with one attached hydrogen (secondary N) is 1. The minimum absolute atomic E-state index is 0.0145. The van der Waals surface area contributed by atoms with E-state index in [1.807, 2.05) is 11.0 Å². The fourth-order valence-corrected chi connectivity index (χ4v) is 3.54. The lowest BCUT2D eigenvalue weighted by Crippen LogP contribution is -2.42. The molecule has 1 saturated heterocycles. The van der Waals surface area contributed by atoms with Crippen LogP contribution in [0.3, 0.4) is 0 Å². The van der Waals surface area contributed by atoms with Crippen LogP contribution in [0, 0.1) is 0 Å². The number of aromatic nitrogens is 3. The van der Waals surface area contributed by atoms with E-state index in [1.54, 1.807) is 18.5 Å². The van der Waals surface area contributed by atoms with E-state index in [1.165, 1.54) is 0 Å². The van der Waals surface area contributed by atoms with Crippen molar-refractivity contribution in [1.29, 1.82) is 0 Å². The van der Waals surface area contributed by atoms with Crippen molar-refractivity contribution >= 4 is 17.5 Å². The van der Waals surface area contributed by atoms with Crippen molar-refractivity contribution in [3.05, 3.63) is 46.5 Å². The normalized spacial score (nSPS) is 23.8. The van der Waals surface area contributed by atoms with Crippen LogP contribution in [0.15, 0.2) is 24.5 Å². The number of pyridine rings is 1. The van der Waals surface area contributed by atoms with Gasteiger partial charge in [-0.15, -0.1) is 0 Å². The summed E-state index contributed by atoms with van der Waals surface area (Å²) < 4.78 is 0. The lowest BCUT2D eigenvalue weighted by Gasteiger charge is -2.35. The maximum Gasteiger partial charge on any atom is 0.272 e. The summed E-state index contributed by atoms with van der Waals surface area (Å²) in [4.78, 5) is 19.0. The molecule has 102 valence electrons. The molecule has 0 aromatic carbocycles. The second-order valence-corrected chi connectivity index (χ2v) is 5.76. The number of rotatable bonds is 1. The molecule has 4 rings (SSSR count). The number of hydrogen-bond donors (Lipinski definition) is 1. The van der Waals surface area contributed by atoms with Crippen LogP contribution in [0.4, 0.5) is 0 Å². The summed E-state index contributed by atoms with van der Waals surface area (Å²) in [6.07, 6.45) is 6.08. The molecule has 2 aromatic heterocycles. The summed E-state index contributed by atoms with van der Waals surface area (Å²) in [6, 6.07) is 3.99. The van der Waals surface area contributed by atoms with Crippen molar-refractivity contribution in [3.8, 4) is 0 Å². The summed E-state index contributed by atoms with van der Waals surface area (Å²) >= 11 is 6.06. The van der Waals surface area contributed by atoms with E-state index < -0.39 is 0 Å². The Labute approximate surface area is 121 Å². The Hall–Kier alpha value is -1.88. The molecule has 1 amide bonds. The highest BCUT2D eigenvalue weighted by Crippen LogP contribution is 2.44. The average molecular weight is 289 g/mol. The molecule has 2 aliphatic heterocycles. The lowest BCUT2D eigenvalue weighted by atomic mass is 9.97. The van der Waals surface area contributed by atoms with Crippen LogP contribution in [0.25, 0.3) is 0 Å². The largest absolute Gasteiger partial charge is 0.327 e. The molecular weight excluding hydrogens is 276 g/mol. The molecule has 2 atom stereocenters. The third kappa shape index (κ3) is 1.66. The lowest BCUT2D eigenvalue weighted by molar-refractivity contribution is 0.0638. The van der Waals surface area contributed by atoms with Gasteiger partial charge in [0.1, 0.15) is 5.69 Å². The highest BCUT2D eigenvalue weighted by Gasteiger charge is 2.43. The number of aromatic amines is 1. The molecule has 0 spiro atoms. The van der Waals surface area contributed by atoms with Crippen molar-refractivity contribution < 1.29 is 4.79 Å². The number of nitrogens with zero attached hydrogens (tertiary/aromatic N) is 3. The fraction of sp³-hybridized carbons (Fsp3) is 0.357. The maximum atomic E-state index is 12.6. The van der Waals surface area contributed by atoms with E-state index in [2.05, 4.69) is 15.2 Å². The number of carbonyl (C=O) groups excluding carboxylic acids is 1. The molecule has 2 aromatic rings. The number of carbonyl (C=O) groups is 1. The molecular formula is C14H13ClN4O. The maximum absolute atomic E-state index is 12.6. The van der Waals surface area contributed by atoms with Crippen LogP contribution in [-0.2, 0) is 6.42 Å². The Morgan fingerprint density at radius 3 is 3.15 bits per heavy atom. The van der Waals surface area contributed by atoms with Gasteiger partial charge < -0.3 is 4.90 Å². The van der Waals surface area contributed by atoms with Crippen LogP contribution in [0.2, 0.25) is 5.02 Å². The van der Waals surface area contributed by atoms with Crippen LogP contribution in [0.5, 0.6) is 0 Å². The minimum Gasteiger partial charge on any atom is -0.327 e. The molecule has 0 saturated carbocycles. The third-order valence-corrected chi connectivity index (χ3v) is 4.43. The molecule has 0 aliphatic carbocycles. The number of hydrogen-bond acceptors (Lipinski definition) is 3. The Morgan fingerprint density at radius 2 is 2.35 bits per heavy atom. The first kappa shape index (κ1) is 11.9. The molecule has 5 nitrogen and oxygen atoms in total. The summed E-state index contributed by atoms with van der Waals surface area (Å²) in [7, 11) is 0. The van der Waals surface area contributed by atoms with E-state index >= 15 is 0 Å². The number of halogens is 1. The SMILES string of the molecule is O=C(c1ccn[nH]1)N1[C@H]2CC[C@@H]1c1cc(Cl)cnc1C2.